The third-order valence-electron chi connectivity index (χ3n) is 5.39. The van der Waals surface area contributed by atoms with Crippen LogP contribution in [0.3, 0.4) is 0 Å². The van der Waals surface area contributed by atoms with Gasteiger partial charge in [0.25, 0.3) is 0 Å². The summed E-state index contributed by atoms with van der Waals surface area (Å²) in [5.74, 6) is -16.7. The van der Waals surface area contributed by atoms with Crippen LogP contribution in [0.15, 0.2) is 0 Å². The molecule has 4 nitrogen and oxygen atoms in total. The summed E-state index contributed by atoms with van der Waals surface area (Å²) in [7, 11) is -6.99. The predicted octanol–water partition coefficient (Wildman–Crippen LogP) is 6.41. The Balaban J connectivity index is 3.12. The minimum atomic E-state index is -7.36. The maximum absolute atomic E-state index is 14.0. The van der Waals surface area contributed by atoms with Gasteiger partial charge in [-0.1, -0.05) is 45.4 Å². The maximum atomic E-state index is 14.0. The van der Waals surface area contributed by atoms with E-state index in [4.69, 9.17) is 0 Å². The SMILES string of the molecule is CCCCCCC(=O)C[S+](CC1CCCCC1)OS(=O)(=O)C(F)(F)C(F)(F)C(F)(F)C(F)(F)F. The monoisotopic (exact) mass is 555 g/mol. The van der Waals surface area contributed by atoms with E-state index in [2.05, 4.69) is 3.63 Å². The van der Waals surface area contributed by atoms with Gasteiger partial charge in [-0.05, 0) is 22.9 Å². The highest BCUT2D eigenvalue weighted by Crippen LogP contribution is 2.55. The Morgan fingerprint density at radius 2 is 1.44 bits per heavy atom. The smallest absolute Gasteiger partial charge is 0.294 e. The Kier molecular flexibility index (Phi) is 11.1. The Bertz CT molecular complexity index is 764. The van der Waals surface area contributed by atoms with Crippen LogP contribution < -0.4 is 0 Å². The van der Waals surface area contributed by atoms with Crippen molar-refractivity contribution in [3.05, 3.63) is 0 Å². The van der Waals surface area contributed by atoms with E-state index in [0.717, 1.165) is 19.3 Å². The third kappa shape index (κ3) is 7.40. The lowest BCUT2D eigenvalue weighted by Crippen LogP contribution is -2.63. The van der Waals surface area contributed by atoms with Crippen LogP contribution in [0.25, 0.3) is 0 Å². The summed E-state index contributed by atoms with van der Waals surface area (Å²) in [4.78, 5) is 12.2. The molecule has 0 bridgehead atoms. The second-order valence-corrected chi connectivity index (χ2v) is 11.8. The zero-order chi connectivity index (χ0) is 26.4. The van der Waals surface area contributed by atoms with Crippen molar-refractivity contribution >= 4 is 27.1 Å². The normalized spacial score (nSPS) is 18.2. The Labute approximate surface area is 195 Å². The van der Waals surface area contributed by atoms with Crippen molar-refractivity contribution in [1.82, 2.24) is 0 Å². The number of rotatable bonds is 14. The number of Topliss-reactive ketones (excluding diaryl/α,β-unsaturated/α-hetero) is 1. The number of halogens is 9. The van der Waals surface area contributed by atoms with Crippen LogP contribution in [0.4, 0.5) is 39.5 Å². The molecule has 1 aliphatic rings. The molecule has 0 aromatic rings. The Hall–Kier alpha value is -0.700. The minimum absolute atomic E-state index is 0.0731. The fourth-order valence-electron chi connectivity index (χ4n) is 3.42. The summed E-state index contributed by atoms with van der Waals surface area (Å²) in [6.45, 7) is 1.90. The van der Waals surface area contributed by atoms with E-state index in [-0.39, 0.29) is 18.1 Å². The summed E-state index contributed by atoms with van der Waals surface area (Å²) in [5.41, 5.74) is 0. The first kappa shape index (κ1) is 31.3. The van der Waals surface area contributed by atoms with Gasteiger partial charge in [-0.25, -0.2) is 0 Å². The van der Waals surface area contributed by atoms with Crippen LogP contribution in [0, 0.1) is 5.92 Å². The van der Waals surface area contributed by atoms with Gasteiger partial charge in [0.15, 0.2) is 17.0 Å². The van der Waals surface area contributed by atoms with Gasteiger partial charge >= 0.3 is 33.4 Å². The standard InChI is InChI=1S/C19H28F9O4S2/c1-2-3-4-8-11-15(29)13-33(12-14-9-6-5-7-10-14)32-34(30,31)19(27,28)17(22,23)16(20,21)18(24,25)26/h14H,2-13H2,1H3/q+1. The van der Waals surface area contributed by atoms with Crippen LogP contribution >= 0.6 is 0 Å². The van der Waals surface area contributed by atoms with Gasteiger partial charge in [-0.3, -0.25) is 4.79 Å². The molecule has 0 heterocycles. The molecule has 0 radical (unpaired) electrons. The van der Waals surface area contributed by atoms with Crippen molar-refractivity contribution in [3.8, 4) is 0 Å². The number of hydrogen-bond donors (Lipinski definition) is 0. The number of hydrogen-bond acceptors (Lipinski definition) is 4. The van der Waals surface area contributed by atoms with Gasteiger partial charge in [0.05, 0.1) is 0 Å². The molecular formula is C19H28F9O4S2+. The lowest BCUT2D eigenvalue weighted by atomic mass is 9.91. The Morgan fingerprint density at radius 3 is 1.94 bits per heavy atom. The van der Waals surface area contributed by atoms with Crippen molar-refractivity contribution in [2.24, 2.45) is 5.92 Å². The molecule has 1 aliphatic carbocycles. The van der Waals surface area contributed by atoms with Crippen LogP contribution in [-0.4, -0.2) is 49.0 Å². The molecule has 1 fully saturated rings. The van der Waals surface area contributed by atoms with Gasteiger partial charge in [-0.2, -0.15) is 47.9 Å². The predicted molar refractivity (Wildman–Crippen MR) is 108 cm³/mol. The van der Waals surface area contributed by atoms with E-state index in [1.165, 1.54) is 0 Å². The zero-order valence-electron chi connectivity index (χ0n) is 18.4. The molecule has 0 aromatic carbocycles. The van der Waals surface area contributed by atoms with Crippen molar-refractivity contribution in [1.29, 1.82) is 0 Å². The number of carbonyl (C=O) groups is 1. The Morgan fingerprint density at radius 1 is 0.882 bits per heavy atom. The van der Waals surface area contributed by atoms with Crippen molar-refractivity contribution in [3.63, 3.8) is 0 Å². The van der Waals surface area contributed by atoms with Gasteiger partial charge in [0, 0.05) is 12.3 Å². The van der Waals surface area contributed by atoms with Crippen molar-refractivity contribution in [2.75, 3.05) is 11.5 Å². The highest BCUT2D eigenvalue weighted by Gasteiger charge is 2.86. The summed E-state index contributed by atoms with van der Waals surface area (Å²) in [6.07, 6.45) is -1.29. The third-order valence-corrected chi connectivity index (χ3v) is 9.25. The lowest BCUT2D eigenvalue weighted by molar-refractivity contribution is -0.382. The number of alkyl halides is 9. The van der Waals surface area contributed by atoms with E-state index in [0.29, 0.717) is 38.5 Å². The second kappa shape index (κ2) is 12.0. The molecule has 0 spiro atoms. The van der Waals surface area contributed by atoms with Gasteiger partial charge in [-0.15, -0.1) is 0 Å². The molecule has 0 amide bonds. The average Bonchev–Trinajstić information content (AvgIpc) is 2.70. The first-order valence-electron chi connectivity index (χ1n) is 10.7. The van der Waals surface area contributed by atoms with Crippen molar-refractivity contribution < 1.29 is 56.4 Å². The quantitative estimate of drug-likeness (QED) is 0.141. The fourth-order valence-corrected chi connectivity index (χ4v) is 7.11. The van der Waals surface area contributed by atoms with E-state index >= 15 is 0 Å². The first-order valence-corrected chi connectivity index (χ1v) is 13.6. The molecule has 0 N–H and O–H groups in total. The van der Waals surface area contributed by atoms with Gasteiger partial charge in [0.2, 0.25) is 5.75 Å². The van der Waals surface area contributed by atoms with E-state index in [1.807, 2.05) is 6.92 Å². The van der Waals surface area contributed by atoms with Crippen LogP contribution in [0.5, 0.6) is 0 Å². The summed E-state index contributed by atoms with van der Waals surface area (Å²) < 4.78 is 147. The zero-order valence-corrected chi connectivity index (χ0v) is 20.0. The van der Waals surface area contributed by atoms with E-state index in [9.17, 15) is 52.7 Å². The highest BCUT2D eigenvalue weighted by molar-refractivity contribution is 8.03. The maximum Gasteiger partial charge on any atom is 0.460 e. The molecule has 0 aliphatic heterocycles. The summed E-state index contributed by atoms with van der Waals surface area (Å²) >= 11 is -2.23. The molecule has 15 heteroatoms. The molecule has 1 atom stereocenters. The minimum Gasteiger partial charge on any atom is -0.294 e. The fraction of sp³-hybridized carbons (Fsp3) is 0.947. The van der Waals surface area contributed by atoms with Crippen LogP contribution in [0.2, 0.25) is 0 Å². The van der Waals surface area contributed by atoms with Crippen molar-refractivity contribution in [2.45, 2.75) is 94.4 Å². The number of unbranched alkanes of at least 4 members (excludes halogenated alkanes) is 3. The number of carbonyl (C=O) groups excluding carboxylic acids is 1. The topological polar surface area (TPSA) is 60.4 Å². The molecule has 1 unspecified atom stereocenters. The molecule has 202 valence electrons. The largest absolute Gasteiger partial charge is 0.460 e. The van der Waals surface area contributed by atoms with Gasteiger partial charge < -0.3 is 0 Å². The average molecular weight is 556 g/mol. The highest BCUT2D eigenvalue weighted by atomic mass is 32.3. The lowest BCUT2D eigenvalue weighted by Gasteiger charge is -2.32. The molecule has 1 rings (SSSR count). The summed E-state index contributed by atoms with van der Waals surface area (Å²) in [6, 6.07) is 0. The first-order chi connectivity index (χ1) is 15.4. The van der Waals surface area contributed by atoms with Crippen LogP contribution in [-0.2, 0) is 29.7 Å². The van der Waals surface area contributed by atoms with E-state index in [1.54, 1.807) is 0 Å². The van der Waals surface area contributed by atoms with Gasteiger partial charge in [0.1, 0.15) is 5.75 Å². The summed E-state index contributed by atoms with van der Waals surface area (Å²) in [5, 5.41) is -6.92. The number of ketones is 1. The molecule has 34 heavy (non-hydrogen) atoms. The molecule has 1 saturated carbocycles. The van der Waals surface area contributed by atoms with E-state index < -0.39 is 56.1 Å². The molecule has 0 saturated heterocycles. The molecular weight excluding hydrogens is 527 g/mol. The molecule has 0 aromatic heterocycles. The second-order valence-electron chi connectivity index (χ2n) is 8.29. The van der Waals surface area contributed by atoms with Crippen LogP contribution in [0.1, 0.15) is 71.1 Å².